The number of aromatic nitrogens is 1. The number of Topliss-reactive ketones (excluding diaryl/α,β-unsaturated/α-hetero) is 1. The number of thiazole rings is 1. The minimum absolute atomic E-state index is 0.131. The highest BCUT2D eigenvalue weighted by atomic mass is 32.1. The van der Waals surface area contributed by atoms with Gasteiger partial charge in [0.15, 0.2) is 10.9 Å². The summed E-state index contributed by atoms with van der Waals surface area (Å²) in [7, 11) is 0. The van der Waals surface area contributed by atoms with Gasteiger partial charge >= 0.3 is 0 Å². The lowest BCUT2D eigenvalue weighted by molar-refractivity contribution is 0.102. The van der Waals surface area contributed by atoms with Gasteiger partial charge in [0.1, 0.15) is 0 Å². The molecule has 0 bridgehead atoms. The van der Waals surface area contributed by atoms with Crippen LogP contribution in [0.3, 0.4) is 0 Å². The molecule has 0 radical (unpaired) electrons. The smallest absolute Gasteiger partial charge is 0.185 e. The first-order valence-corrected chi connectivity index (χ1v) is 7.77. The Morgan fingerprint density at radius 3 is 2.83 bits per heavy atom. The van der Waals surface area contributed by atoms with Gasteiger partial charge < -0.3 is 4.90 Å². The van der Waals surface area contributed by atoms with Crippen LogP contribution >= 0.6 is 11.3 Å². The van der Waals surface area contributed by atoms with Gasteiger partial charge in [0, 0.05) is 20.0 Å². The van der Waals surface area contributed by atoms with E-state index in [4.69, 9.17) is 0 Å². The fraction of sp³-hybridized carbons (Fsp3) is 0.714. The first kappa shape index (κ1) is 12.2. The van der Waals surface area contributed by atoms with Crippen LogP contribution in [0.4, 0.5) is 5.13 Å². The van der Waals surface area contributed by atoms with Crippen molar-refractivity contribution in [2.45, 2.75) is 39.0 Å². The molecule has 98 valence electrons. The Balaban J connectivity index is 1.71. The lowest BCUT2D eigenvalue weighted by Gasteiger charge is -2.41. The average Bonchev–Trinajstić information content (AvgIpc) is 2.88. The maximum absolute atomic E-state index is 11.3. The summed E-state index contributed by atoms with van der Waals surface area (Å²) in [6.45, 7) is 3.88. The molecule has 1 aromatic rings. The zero-order valence-electron chi connectivity index (χ0n) is 10.9. The molecular formula is C14H20N2OS. The van der Waals surface area contributed by atoms with Crippen LogP contribution in [0.15, 0.2) is 6.20 Å². The first-order valence-electron chi connectivity index (χ1n) is 6.96. The zero-order chi connectivity index (χ0) is 12.5. The summed E-state index contributed by atoms with van der Waals surface area (Å²) in [6.07, 6.45) is 8.66. The lowest BCUT2D eigenvalue weighted by Crippen LogP contribution is -2.41. The van der Waals surface area contributed by atoms with Crippen molar-refractivity contribution < 1.29 is 4.79 Å². The van der Waals surface area contributed by atoms with E-state index in [1.54, 1.807) is 24.5 Å². The summed E-state index contributed by atoms with van der Waals surface area (Å²) in [5.41, 5.74) is 0. The molecule has 4 heteroatoms. The zero-order valence-corrected chi connectivity index (χ0v) is 11.7. The van der Waals surface area contributed by atoms with Gasteiger partial charge in [0.05, 0.1) is 11.1 Å². The van der Waals surface area contributed by atoms with Crippen LogP contribution in [-0.2, 0) is 0 Å². The Morgan fingerprint density at radius 1 is 1.33 bits per heavy atom. The first-order chi connectivity index (χ1) is 8.74. The highest BCUT2D eigenvalue weighted by Crippen LogP contribution is 2.38. The molecule has 1 aliphatic heterocycles. The molecule has 3 nitrogen and oxygen atoms in total. The van der Waals surface area contributed by atoms with Crippen LogP contribution < -0.4 is 4.90 Å². The number of carbonyl (C=O) groups is 1. The molecule has 2 heterocycles. The average molecular weight is 264 g/mol. The molecule has 3 rings (SSSR count). The lowest BCUT2D eigenvalue weighted by atomic mass is 9.75. The maximum Gasteiger partial charge on any atom is 0.185 e. The number of anilines is 1. The maximum atomic E-state index is 11.3. The molecule has 2 unspecified atom stereocenters. The standard InChI is InChI=1S/C14H20N2OS/c1-10(17)13-8-15-14(18-13)16-7-6-11-4-2-3-5-12(11)9-16/h8,11-12H,2-7,9H2,1H3. The molecule has 0 amide bonds. The van der Waals surface area contributed by atoms with E-state index >= 15 is 0 Å². The van der Waals surface area contributed by atoms with Crippen molar-refractivity contribution in [1.29, 1.82) is 0 Å². The summed E-state index contributed by atoms with van der Waals surface area (Å²) >= 11 is 1.55. The Labute approximate surface area is 112 Å². The van der Waals surface area contributed by atoms with E-state index < -0.39 is 0 Å². The summed E-state index contributed by atoms with van der Waals surface area (Å²) in [5, 5.41) is 1.05. The van der Waals surface area contributed by atoms with Crippen LogP contribution in [0.2, 0.25) is 0 Å². The van der Waals surface area contributed by atoms with Crippen molar-refractivity contribution in [1.82, 2.24) is 4.98 Å². The molecule has 2 atom stereocenters. The van der Waals surface area contributed by atoms with E-state index in [9.17, 15) is 4.79 Å². The Bertz CT molecular complexity index is 443. The fourth-order valence-corrected chi connectivity index (χ4v) is 4.19. The van der Waals surface area contributed by atoms with Crippen LogP contribution in [0, 0.1) is 11.8 Å². The molecule has 1 saturated heterocycles. The molecule has 1 aliphatic carbocycles. The van der Waals surface area contributed by atoms with Crippen molar-refractivity contribution in [3.05, 3.63) is 11.1 Å². The van der Waals surface area contributed by atoms with Gasteiger partial charge in [-0.3, -0.25) is 4.79 Å². The van der Waals surface area contributed by atoms with E-state index in [0.29, 0.717) is 0 Å². The third-order valence-corrected chi connectivity index (χ3v) is 5.56. The van der Waals surface area contributed by atoms with Crippen molar-refractivity contribution >= 4 is 22.3 Å². The molecule has 18 heavy (non-hydrogen) atoms. The third kappa shape index (κ3) is 2.30. The largest absolute Gasteiger partial charge is 0.348 e. The number of hydrogen-bond acceptors (Lipinski definition) is 4. The van der Waals surface area contributed by atoms with Gasteiger partial charge in [-0.15, -0.1) is 0 Å². The van der Waals surface area contributed by atoms with Crippen LogP contribution in [0.5, 0.6) is 0 Å². The van der Waals surface area contributed by atoms with E-state index in [1.165, 1.54) is 32.1 Å². The number of rotatable bonds is 2. The van der Waals surface area contributed by atoms with Gasteiger partial charge in [0.2, 0.25) is 0 Å². The predicted molar refractivity (Wildman–Crippen MR) is 74.4 cm³/mol. The van der Waals surface area contributed by atoms with Crippen LogP contribution in [0.1, 0.15) is 48.7 Å². The third-order valence-electron chi connectivity index (χ3n) is 4.40. The van der Waals surface area contributed by atoms with Crippen molar-refractivity contribution in [3.8, 4) is 0 Å². The number of nitrogens with zero attached hydrogens (tertiary/aromatic N) is 2. The van der Waals surface area contributed by atoms with Gasteiger partial charge in [-0.1, -0.05) is 30.6 Å². The highest BCUT2D eigenvalue weighted by molar-refractivity contribution is 7.17. The Morgan fingerprint density at radius 2 is 2.11 bits per heavy atom. The minimum Gasteiger partial charge on any atom is -0.348 e. The molecule has 2 fully saturated rings. The molecule has 0 aromatic carbocycles. The molecular weight excluding hydrogens is 244 g/mol. The number of carbonyl (C=O) groups excluding carboxylic acids is 1. The molecule has 1 aromatic heterocycles. The van der Waals surface area contributed by atoms with Crippen LogP contribution in [0.25, 0.3) is 0 Å². The second-order valence-corrected chi connectivity index (χ2v) is 6.61. The summed E-state index contributed by atoms with van der Waals surface area (Å²) in [5.74, 6) is 1.94. The van der Waals surface area contributed by atoms with E-state index in [0.717, 1.165) is 34.9 Å². The fourth-order valence-electron chi connectivity index (χ4n) is 3.35. The number of hydrogen-bond donors (Lipinski definition) is 0. The monoisotopic (exact) mass is 264 g/mol. The molecule has 1 saturated carbocycles. The quantitative estimate of drug-likeness (QED) is 0.768. The summed E-state index contributed by atoms with van der Waals surface area (Å²) in [6, 6.07) is 0. The van der Waals surface area contributed by atoms with E-state index in [-0.39, 0.29) is 5.78 Å². The van der Waals surface area contributed by atoms with Crippen LogP contribution in [-0.4, -0.2) is 23.9 Å². The van der Waals surface area contributed by atoms with Gasteiger partial charge in [0.25, 0.3) is 0 Å². The van der Waals surface area contributed by atoms with E-state index in [2.05, 4.69) is 9.88 Å². The van der Waals surface area contributed by atoms with Gasteiger partial charge in [-0.2, -0.15) is 0 Å². The second-order valence-electron chi connectivity index (χ2n) is 5.60. The van der Waals surface area contributed by atoms with Crippen molar-refractivity contribution in [2.24, 2.45) is 11.8 Å². The second kappa shape index (κ2) is 5.00. The highest BCUT2D eigenvalue weighted by Gasteiger charge is 2.32. The minimum atomic E-state index is 0.131. The number of ketones is 1. The number of fused-ring (bicyclic) bond motifs is 1. The molecule has 0 spiro atoms. The van der Waals surface area contributed by atoms with Crippen molar-refractivity contribution in [2.75, 3.05) is 18.0 Å². The Hall–Kier alpha value is -0.900. The van der Waals surface area contributed by atoms with Crippen molar-refractivity contribution in [3.63, 3.8) is 0 Å². The number of piperidine rings is 1. The predicted octanol–water partition coefficient (Wildman–Crippen LogP) is 3.36. The topological polar surface area (TPSA) is 33.2 Å². The Kier molecular flexibility index (Phi) is 3.37. The van der Waals surface area contributed by atoms with E-state index in [1.807, 2.05) is 0 Å². The SMILES string of the molecule is CC(=O)c1cnc(N2CCC3CCCCC3C2)s1. The summed E-state index contributed by atoms with van der Waals surface area (Å²) < 4.78 is 0. The normalized spacial score (nSPS) is 27.9. The molecule has 2 aliphatic rings. The van der Waals surface area contributed by atoms with Gasteiger partial charge in [-0.25, -0.2) is 4.98 Å². The summed E-state index contributed by atoms with van der Waals surface area (Å²) in [4.78, 5) is 18.9. The van der Waals surface area contributed by atoms with Gasteiger partial charge in [-0.05, 0) is 24.7 Å². The molecule has 0 N–H and O–H groups in total.